The lowest BCUT2D eigenvalue weighted by atomic mass is 10.1. The van der Waals surface area contributed by atoms with Gasteiger partial charge >= 0.3 is 11.6 Å². The Kier molecular flexibility index (Phi) is 4.40. The van der Waals surface area contributed by atoms with E-state index in [9.17, 15) is 14.4 Å². The van der Waals surface area contributed by atoms with Crippen LogP contribution >= 0.6 is 0 Å². The van der Waals surface area contributed by atoms with Crippen molar-refractivity contribution in [2.45, 2.75) is 20.8 Å². The molecule has 0 aliphatic carbocycles. The zero-order valence-electron chi connectivity index (χ0n) is 12.3. The summed E-state index contributed by atoms with van der Waals surface area (Å²) in [5.41, 5.74) is 0.00154. The van der Waals surface area contributed by atoms with Crippen molar-refractivity contribution in [2.75, 3.05) is 11.9 Å². The maximum absolute atomic E-state index is 12.0. The summed E-state index contributed by atoms with van der Waals surface area (Å²) >= 11 is 0. The van der Waals surface area contributed by atoms with Crippen molar-refractivity contribution in [1.82, 2.24) is 5.16 Å². The van der Waals surface area contributed by atoms with Crippen LogP contribution in [0.4, 0.5) is 5.82 Å². The molecular formula is C14H14N2O6. The van der Waals surface area contributed by atoms with Crippen LogP contribution in [0.3, 0.4) is 0 Å². The van der Waals surface area contributed by atoms with Gasteiger partial charge in [0.1, 0.15) is 17.1 Å². The molecule has 0 saturated heterocycles. The molecule has 0 unspecified atom stereocenters. The van der Waals surface area contributed by atoms with E-state index in [-0.39, 0.29) is 17.1 Å². The smallest absolute Gasteiger partial charge is 0.342 e. The Bertz CT molecular complexity index is 748. The molecule has 2 aromatic heterocycles. The first-order chi connectivity index (χ1) is 10.4. The minimum absolute atomic E-state index is 0.129. The van der Waals surface area contributed by atoms with Crippen molar-refractivity contribution in [3.8, 4) is 0 Å². The third-order valence-electron chi connectivity index (χ3n) is 2.77. The Hall–Kier alpha value is -2.90. The number of amides is 1. The van der Waals surface area contributed by atoms with Gasteiger partial charge in [-0.25, -0.2) is 9.59 Å². The molecule has 0 saturated carbocycles. The second-order valence-corrected chi connectivity index (χ2v) is 4.63. The van der Waals surface area contributed by atoms with Gasteiger partial charge in [-0.15, -0.1) is 0 Å². The van der Waals surface area contributed by atoms with Gasteiger partial charge < -0.3 is 19.0 Å². The summed E-state index contributed by atoms with van der Waals surface area (Å²) in [4.78, 5) is 34.8. The van der Waals surface area contributed by atoms with Crippen molar-refractivity contribution in [3.05, 3.63) is 45.2 Å². The second kappa shape index (κ2) is 6.25. The minimum Gasteiger partial charge on any atom is -0.452 e. The number of ether oxygens (including phenoxy) is 1. The van der Waals surface area contributed by atoms with E-state index in [4.69, 9.17) is 13.7 Å². The molecule has 8 nitrogen and oxygen atoms in total. The molecule has 0 atom stereocenters. The number of aryl methyl sites for hydroxylation is 3. The van der Waals surface area contributed by atoms with E-state index in [0.29, 0.717) is 11.3 Å². The molecule has 0 aliphatic rings. The third kappa shape index (κ3) is 3.60. The van der Waals surface area contributed by atoms with Crippen molar-refractivity contribution in [1.29, 1.82) is 0 Å². The van der Waals surface area contributed by atoms with Crippen molar-refractivity contribution in [3.63, 3.8) is 0 Å². The van der Waals surface area contributed by atoms with Gasteiger partial charge in [-0.05, 0) is 26.3 Å². The number of hydrogen-bond acceptors (Lipinski definition) is 7. The highest BCUT2D eigenvalue weighted by Gasteiger charge is 2.18. The van der Waals surface area contributed by atoms with Crippen LogP contribution in [0.25, 0.3) is 0 Å². The zero-order chi connectivity index (χ0) is 16.3. The SMILES string of the molecule is Cc1cc(NC(=O)COC(=O)c2c(C)cc(=O)oc2C)no1. The number of nitrogens with one attached hydrogen (secondary N) is 1. The van der Waals surface area contributed by atoms with Crippen LogP contribution < -0.4 is 10.9 Å². The van der Waals surface area contributed by atoms with E-state index in [1.807, 2.05) is 0 Å². The highest BCUT2D eigenvalue weighted by atomic mass is 16.5. The van der Waals surface area contributed by atoms with Crippen molar-refractivity contribution < 1.29 is 23.3 Å². The van der Waals surface area contributed by atoms with Gasteiger partial charge in [-0.2, -0.15) is 0 Å². The maximum Gasteiger partial charge on any atom is 0.342 e. The molecule has 2 aromatic rings. The van der Waals surface area contributed by atoms with Gasteiger partial charge in [0, 0.05) is 12.1 Å². The minimum atomic E-state index is -0.745. The molecule has 0 aromatic carbocycles. The number of carbonyl (C=O) groups is 2. The number of hydrogen-bond donors (Lipinski definition) is 1. The number of rotatable bonds is 4. The van der Waals surface area contributed by atoms with Crippen LogP contribution in [0, 0.1) is 20.8 Å². The summed E-state index contributed by atoms with van der Waals surface area (Å²) in [5.74, 6) is -0.392. The normalized spacial score (nSPS) is 10.3. The van der Waals surface area contributed by atoms with Gasteiger partial charge in [0.15, 0.2) is 12.4 Å². The van der Waals surface area contributed by atoms with E-state index >= 15 is 0 Å². The second-order valence-electron chi connectivity index (χ2n) is 4.63. The molecule has 2 heterocycles. The number of anilines is 1. The van der Waals surface area contributed by atoms with Crippen molar-refractivity contribution >= 4 is 17.7 Å². The quantitative estimate of drug-likeness (QED) is 0.848. The topological polar surface area (TPSA) is 112 Å². The van der Waals surface area contributed by atoms with Crippen LogP contribution in [0.1, 0.15) is 27.4 Å². The first kappa shape index (κ1) is 15.5. The summed E-state index contributed by atoms with van der Waals surface area (Å²) in [6.07, 6.45) is 0. The number of nitrogens with zero attached hydrogens (tertiary/aromatic N) is 1. The van der Waals surface area contributed by atoms with Gasteiger partial charge in [0.25, 0.3) is 5.91 Å². The molecule has 2 rings (SSSR count). The monoisotopic (exact) mass is 306 g/mol. The fourth-order valence-corrected chi connectivity index (χ4v) is 1.87. The summed E-state index contributed by atoms with van der Waals surface area (Å²) in [5, 5.41) is 6.00. The highest BCUT2D eigenvalue weighted by molar-refractivity contribution is 5.96. The van der Waals surface area contributed by atoms with Gasteiger partial charge in [0.05, 0.1) is 0 Å². The number of aromatic nitrogens is 1. The molecule has 0 spiro atoms. The van der Waals surface area contributed by atoms with Crippen LogP contribution in [-0.4, -0.2) is 23.6 Å². The Morgan fingerprint density at radius 2 is 2.00 bits per heavy atom. The molecule has 8 heteroatoms. The largest absolute Gasteiger partial charge is 0.452 e. The van der Waals surface area contributed by atoms with E-state index in [2.05, 4.69) is 10.5 Å². The molecular weight excluding hydrogens is 292 g/mol. The van der Waals surface area contributed by atoms with Gasteiger partial charge in [0.2, 0.25) is 0 Å². The lowest BCUT2D eigenvalue weighted by molar-refractivity contribution is -0.119. The Labute approximate surface area is 125 Å². The Morgan fingerprint density at radius 1 is 1.27 bits per heavy atom. The van der Waals surface area contributed by atoms with E-state index < -0.39 is 24.1 Å². The predicted molar refractivity (Wildman–Crippen MR) is 74.6 cm³/mol. The molecule has 0 bridgehead atoms. The fraction of sp³-hybridized carbons (Fsp3) is 0.286. The first-order valence-electron chi connectivity index (χ1n) is 6.38. The van der Waals surface area contributed by atoms with Crippen LogP contribution in [0.2, 0.25) is 0 Å². The fourth-order valence-electron chi connectivity index (χ4n) is 1.87. The molecule has 22 heavy (non-hydrogen) atoms. The van der Waals surface area contributed by atoms with Crippen LogP contribution in [-0.2, 0) is 9.53 Å². The van der Waals surface area contributed by atoms with Crippen molar-refractivity contribution in [2.24, 2.45) is 0 Å². The average molecular weight is 306 g/mol. The molecule has 1 N–H and O–H groups in total. The summed E-state index contributed by atoms with van der Waals surface area (Å²) in [6.45, 7) is 4.24. The molecule has 0 radical (unpaired) electrons. The lowest BCUT2D eigenvalue weighted by Gasteiger charge is -2.08. The van der Waals surface area contributed by atoms with Gasteiger partial charge in [-0.1, -0.05) is 5.16 Å². The standard InChI is InChI=1S/C14H14N2O6/c1-7-4-12(18)21-9(3)13(7)14(19)20-6-11(17)15-10-5-8(2)22-16-10/h4-5H,6H2,1-3H3,(H,15,16,17). The lowest BCUT2D eigenvalue weighted by Crippen LogP contribution is -2.22. The van der Waals surface area contributed by atoms with E-state index in [1.165, 1.54) is 19.1 Å². The molecule has 0 fully saturated rings. The van der Waals surface area contributed by atoms with E-state index in [1.54, 1.807) is 13.8 Å². The molecule has 1 amide bonds. The summed E-state index contributed by atoms with van der Waals surface area (Å²) in [7, 11) is 0. The third-order valence-corrected chi connectivity index (χ3v) is 2.77. The van der Waals surface area contributed by atoms with Crippen LogP contribution in [0.15, 0.2) is 25.9 Å². The van der Waals surface area contributed by atoms with E-state index in [0.717, 1.165) is 0 Å². The van der Waals surface area contributed by atoms with Crippen LogP contribution in [0.5, 0.6) is 0 Å². The Morgan fingerprint density at radius 3 is 2.59 bits per heavy atom. The zero-order valence-corrected chi connectivity index (χ0v) is 12.3. The molecule has 0 aliphatic heterocycles. The number of esters is 1. The summed E-state index contributed by atoms with van der Waals surface area (Å²) < 4.78 is 14.5. The predicted octanol–water partition coefficient (Wildman–Crippen LogP) is 1.35. The number of carbonyl (C=O) groups excluding carboxylic acids is 2. The molecule has 116 valence electrons. The Balaban J connectivity index is 1.98. The highest BCUT2D eigenvalue weighted by Crippen LogP contribution is 2.12. The summed E-state index contributed by atoms with van der Waals surface area (Å²) in [6, 6.07) is 2.71. The maximum atomic E-state index is 12.0. The average Bonchev–Trinajstić information content (AvgIpc) is 2.80. The first-order valence-corrected chi connectivity index (χ1v) is 6.38. The van der Waals surface area contributed by atoms with Gasteiger partial charge in [-0.3, -0.25) is 4.79 Å².